The van der Waals surface area contributed by atoms with E-state index in [1.165, 1.54) is 24.3 Å². The number of nitrogens with zero attached hydrogens (tertiary/aromatic N) is 2. The van der Waals surface area contributed by atoms with Crippen molar-refractivity contribution in [2.24, 2.45) is 0 Å². The molecule has 7 nitrogen and oxygen atoms in total. The Morgan fingerprint density at radius 1 is 1.32 bits per heavy atom. The fraction of sp³-hybridized carbons (Fsp3) is 0.429. The van der Waals surface area contributed by atoms with Crippen molar-refractivity contribution in [3.05, 3.63) is 39.9 Å². The molecule has 1 saturated heterocycles. The molecule has 22 heavy (non-hydrogen) atoms. The number of morpholine rings is 1. The fourth-order valence-corrected chi connectivity index (χ4v) is 2.57. The van der Waals surface area contributed by atoms with E-state index in [0.29, 0.717) is 23.8 Å². The van der Waals surface area contributed by atoms with E-state index in [4.69, 9.17) is 17.0 Å². The van der Waals surface area contributed by atoms with Crippen molar-refractivity contribution in [2.75, 3.05) is 13.1 Å². The van der Waals surface area contributed by atoms with Gasteiger partial charge in [0.25, 0.3) is 11.6 Å². The Balaban J connectivity index is 1.98. The molecule has 2 atom stereocenters. The third-order valence-corrected chi connectivity index (χ3v) is 3.63. The van der Waals surface area contributed by atoms with Crippen LogP contribution in [0.3, 0.4) is 0 Å². The fourth-order valence-electron chi connectivity index (χ4n) is 2.33. The molecular weight excluding hydrogens is 306 g/mol. The molecule has 1 aromatic rings. The van der Waals surface area contributed by atoms with Crippen molar-refractivity contribution in [1.82, 2.24) is 10.2 Å². The SMILES string of the molecule is C[C@@H]1CN(C(=S)NC(=O)c2ccc([N+](=O)[O-])cc2)C[C@@H](C)O1. The summed E-state index contributed by atoms with van der Waals surface area (Å²) in [6.07, 6.45) is 0.0796. The summed E-state index contributed by atoms with van der Waals surface area (Å²) >= 11 is 5.25. The Morgan fingerprint density at radius 3 is 2.36 bits per heavy atom. The highest BCUT2D eigenvalue weighted by atomic mass is 32.1. The molecule has 0 aliphatic carbocycles. The molecule has 1 aliphatic rings. The molecule has 1 amide bonds. The lowest BCUT2D eigenvalue weighted by molar-refractivity contribution is -0.384. The summed E-state index contributed by atoms with van der Waals surface area (Å²) in [5.74, 6) is -0.383. The van der Waals surface area contributed by atoms with Crippen LogP contribution in [0.4, 0.5) is 5.69 Å². The smallest absolute Gasteiger partial charge is 0.269 e. The van der Waals surface area contributed by atoms with Gasteiger partial charge in [0.05, 0.1) is 17.1 Å². The third-order valence-electron chi connectivity index (χ3n) is 3.27. The molecule has 0 spiro atoms. The number of hydrogen-bond donors (Lipinski definition) is 1. The summed E-state index contributed by atoms with van der Waals surface area (Å²) in [4.78, 5) is 24.1. The van der Waals surface area contributed by atoms with Crippen LogP contribution in [0.15, 0.2) is 24.3 Å². The average molecular weight is 323 g/mol. The Hall–Kier alpha value is -2.06. The van der Waals surface area contributed by atoms with E-state index in [0.717, 1.165) is 0 Å². The zero-order valence-corrected chi connectivity index (χ0v) is 13.1. The first-order valence-electron chi connectivity index (χ1n) is 6.87. The minimum atomic E-state index is -0.511. The lowest BCUT2D eigenvalue weighted by Gasteiger charge is -2.36. The molecule has 0 bridgehead atoms. The van der Waals surface area contributed by atoms with Crippen LogP contribution in [-0.2, 0) is 4.74 Å². The number of rotatable bonds is 2. The van der Waals surface area contributed by atoms with Crippen molar-refractivity contribution < 1.29 is 14.5 Å². The molecular formula is C14H17N3O4S. The van der Waals surface area contributed by atoms with Crippen LogP contribution < -0.4 is 5.32 Å². The number of hydrogen-bond acceptors (Lipinski definition) is 5. The second kappa shape index (κ2) is 6.80. The molecule has 0 radical (unpaired) electrons. The quantitative estimate of drug-likeness (QED) is 0.507. The predicted molar refractivity (Wildman–Crippen MR) is 84.7 cm³/mol. The van der Waals surface area contributed by atoms with Gasteiger partial charge in [0.1, 0.15) is 0 Å². The first-order chi connectivity index (χ1) is 10.4. The van der Waals surface area contributed by atoms with Crippen LogP contribution in [0.1, 0.15) is 24.2 Å². The van der Waals surface area contributed by atoms with E-state index in [2.05, 4.69) is 5.32 Å². The molecule has 1 fully saturated rings. The number of carbonyl (C=O) groups is 1. The Labute approximate surface area is 133 Å². The predicted octanol–water partition coefficient (Wildman–Crippen LogP) is 1.72. The first-order valence-corrected chi connectivity index (χ1v) is 7.28. The molecule has 8 heteroatoms. The number of amides is 1. The van der Waals surface area contributed by atoms with Gasteiger partial charge in [-0.3, -0.25) is 20.2 Å². The molecule has 0 saturated carbocycles. The van der Waals surface area contributed by atoms with Gasteiger partial charge in [-0.25, -0.2) is 0 Å². The highest BCUT2D eigenvalue weighted by molar-refractivity contribution is 7.80. The topological polar surface area (TPSA) is 84.7 Å². The van der Waals surface area contributed by atoms with Gasteiger partial charge >= 0.3 is 0 Å². The lowest BCUT2D eigenvalue weighted by atomic mass is 10.2. The molecule has 1 aliphatic heterocycles. The number of nitro benzene ring substituents is 1. The zero-order chi connectivity index (χ0) is 16.3. The van der Waals surface area contributed by atoms with Gasteiger partial charge in [-0.2, -0.15) is 0 Å². The molecule has 1 N–H and O–H groups in total. The van der Waals surface area contributed by atoms with Crippen LogP contribution in [0.25, 0.3) is 0 Å². The van der Waals surface area contributed by atoms with Crippen molar-refractivity contribution in [2.45, 2.75) is 26.1 Å². The highest BCUT2D eigenvalue weighted by Gasteiger charge is 2.25. The van der Waals surface area contributed by atoms with Gasteiger partial charge in [0, 0.05) is 30.8 Å². The number of nitrogens with one attached hydrogen (secondary N) is 1. The average Bonchev–Trinajstić information content (AvgIpc) is 2.46. The zero-order valence-electron chi connectivity index (χ0n) is 12.3. The van der Waals surface area contributed by atoms with Gasteiger partial charge in [-0.05, 0) is 38.2 Å². The summed E-state index contributed by atoms with van der Waals surface area (Å²) in [6, 6.07) is 5.38. The highest BCUT2D eigenvalue weighted by Crippen LogP contribution is 2.13. The summed E-state index contributed by atoms with van der Waals surface area (Å²) in [7, 11) is 0. The molecule has 1 aromatic carbocycles. The maximum atomic E-state index is 12.1. The van der Waals surface area contributed by atoms with E-state index >= 15 is 0 Å². The van der Waals surface area contributed by atoms with Gasteiger partial charge in [0.2, 0.25) is 0 Å². The molecule has 0 unspecified atom stereocenters. The summed E-state index contributed by atoms with van der Waals surface area (Å²) < 4.78 is 5.61. The largest absolute Gasteiger partial charge is 0.372 e. The summed E-state index contributed by atoms with van der Waals surface area (Å²) in [5.41, 5.74) is 0.261. The number of non-ortho nitro benzene ring substituents is 1. The van der Waals surface area contributed by atoms with Crippen LogP contribution in [0, 0.1) is 10.1 Å². The van der Waals surface area contributed by atoms with Crippen molar-refractivity contribution in [1.29, 1.82) is 0 Å². The maximum Gasteiger partial charge on any atom is 0.269 e. The van der Waals surface area contributed by atoms with E-state index in [-0.39, 0.29) is 23.8 Å². The van der Waals surface area contributed by atoms with Gasteiger partial charge in [0.15, 0.2) is 5.11 Å². The van der Waals surface area contributed by atoms with Gasteiger partial charge in [-0.1, -0.05) is 0 Å². The molecule has 1 heterocycles. The van der Waals surface area contributed by atoms with E-state index in [1.807, 2.05) is 18.7 Å². The summed E-state index contributed by atoms with van der Waals surface area (Å²) in [5, 5.41) is 13.6. The normalized spacial score (nSPS) is 21.3. The Kier molecular flexibility index (Phi) is 5.04. The number of benzene rings is 1. The number of nitro groups is 1. The minimum absolute atomic E-state index is 0.0398. The lowest BCUT2D eigenvalue weighted by Crippen LogP contribution is -2.52. The molecule has 118 valence electrons. The Morgan fingerprint density at radius 2 is 1.86 bits per heavy atom. The third kappa shape index (κ3) is 3.99. The second-order valence-corrected chi connectivity index (χ2v) is 5.61. The van der Waals surface area contributed by atoms with Crippen LogP contribution in [0.5, 0.6) is 0 Å². The van der Waals surface area contributed by atoms with Crippen molar-refractivity contribution >= 4 is 28.9 Å². The standard InChI is InChI=1S/C14H17N3O4S/c1-9-7-16(8-10(2)21-9)14(22)15-13(18)11-3-5-12(6-4-11)17(19)20/h3-6,9-10H,7-8H2,1-2H3,(H,15,18,22)/t9-,10-/m1/s1. The number of carbonyl (C=O) groups excluding carboxylic acids is 1. The van der Waals surface area contributed by atoms with Crippen LogP contribution in [0.2, 0.25) is 0 Å². The van der Waals surface area contributed by atoms with Gasteiger partial charge < -0.3 is 9.64 Å². The van der Waals surface area contributed by atoms with E-state index in [9.17, 15) is 14.9 Å². The van der Waals surface area contributed by atoms with Crippen molar-refractivity contribution in [3.63, 3.8) is 0 Å². The van der Waals surface area contributed by atoms with E-state index in [1.54, 1.807) is 0 Å². The minimum Gasteiger partial charge on any atom is -0.372 e. The first kappa shape index (κ1) is 16.3. The monoisotopic (exact) mass is 323 g/mol. The molecule has 0 aromatic heterocycles. The second-order valence-electron chi connectivity index (χ2n) is 5.23. The summed E-state index contributed by atoms with van der Waals surface area (Å²) in [6.45, 7) is 5.13. The van der Waals surface area contributed by atoms with Gasteiger partial charge in [-0.15, -0.1) is 0 Å². The molecule has 2 rings (SSSR count). The van der Waals surface area contributed by atoms with Crippen LogP contribution in [-0.4, -0.2) is 46.1 Å². The van der Waals surface area contributed by atoms with Crippen LogP contribution >= 0.6 is 12.2 Å². The number of ether oxygens (including phenoxy) is 1. The Bertz CT molecular complexity index is 580. The van der Waals surface area contributed by atoms with Crippen molar-refractivity contribution in [3.8, 4) is 0 Å². The maximum absolute atomic E-state index is 12.1. The number of thiocarbonyl (C=S) groups is 1. The van der Waals surface area contributed by atoms with E-state index < -0.39 is 4.92 Å².